The molecule has 1 heterocycles. The molecular weight excluding hydrogens is 418 g/mol. The second kappa shape index (κ2) is 11.0. The van der Waals surface area contributed by atoms with Gasteiger partial charge in [-0.1, -0.05) is 6.07 Å². The highest BCUT2D eigenvalue weighted by Gasteiger charge is 2.23. The molecule has 1 aliphatic heterocycles. The predicted molar refractivity (Wildman–Crippen MR) is 122 cm³/mol. The molecule has 0 aliphatic carbocycles. The van der Waals surface area contributed by atoms with Gasteiger partial charge in [0.25, 0.3) is 5.69 Å². The largest absolute Gasteiger partial charge is 0.493 e. The third kappa shape index (κ3) is 5.89. The predicted octanol–water partition coefficient (Wildman–Crippen LogP) is 3.66. The van der Waals surface area contributed by atoms with E-state index in [1.165, 1.54) is 6.07 Å². The molecule has 0 atom stereocenters. The number of hydrogen-bond donors (Lipinski definition) is 1. The van der Waals surface area contributed by atoms with E-state index in [0.717, 1.165) is 41.3 Å². The highest BCUT2D eigenvalue weighted by molar-refractivity contribution is 7.99. The molecule has 3 rings (SSSR count). The fraction of sp³-hybridized carbons (Fsp3) is 0.409. The van der Waals surface area contributed by atoms with E-state index in [4.69, 9.17) is 9.47 Å². The molecule has 1 aliphatic rings. The molecule has 0 saturated carbocycles. The van der Waals surface area contributed by atoms with Gasteiger partial charge in [0.2, 0.25) is 5.91 Å². The van der Waals surface area contributed by atoms with Crippen LogP contribution in [0.1, 0.15) is 18.4 Å². The summed E-state index contributed by atoms with van der Waals surface area (Å²) < 4.78 is 10.6. The van der Waals surface area contributed by atoms with Crippen LogP contribution in [0.2, 0.25) is 0 Å². The van der Waals surface area contributed by atoms with Crippen LogP contribution in [0.3, 0.4) is 0 Å². The zero-order valence-corrected chi connectivity index (χ0v) is 18.6. The van der Waals surface area contributed by atoms with Crippen LogP contribution in [-0.2, 0) is 11.2 Å². The molecule has 1 N–H and O–H groups in total. The smallest absolute Gasteiger partial charge is 0.270 e. The van der Waals surface area contributed by atoms with E-state index < -0.39 is 4.92 Å². The van der Waals surface area contributed by atoms with Crippen molar-refractivity contribution < 1.29 is 19.2 Å². The van der Waals surface area contributed by atoms with Gasteiger partial charge in [-0.15, -0.1) is 11.8 Å². The normalized spacial score (nSPS) is 13.3. The quantitative estimate of drug-likeness (QED) is 0.358. The number of ether oxygens (including phenoxy) is 2. The SMILES string of the molecule is COc1ccc(CCNCCC(=O)N2CCCSc3cc([N+](=O)[O-])ccc32)cc1OC. The summed E-state index contributed by atoms with van der Waals surface area (Å²) in [5, 5.41) is 14.4. The summed E-state index contributed by atoms with van der Waals surface area (Å²) in [6.07, 6.45) is 2.03. The van der Waals surface area contributed by atoms with E-state index in [1.54, 1.807) is 43.0 Å². The lowest BCUT2D eigenvalue weighted by atomic mass is 10.1. The minimum absolute atomic E-state index is 0.0243. The van der Waals surface area contributed by atoms with Crippen LogP contribution in [-0.4, -0.2) is 50.4 Å². The Morgan fingerprint density at radius 3 is 2.71 bits per heavy atom. The number of carbonyl (C=O) groups excluding carboxylic acids is 1. The van der Waals surface area contributed by atoms with E-state index >= 15 is 0 Å². The molecule has 1 amide bonds. The van der Waals surface area contributed by atoms with Gasteiger partial charge in [-0.05, 0) is 48.9 Å². The second-order valence-electron chi connectivity index (χ2n) is 7.10. The summed E-state index contributed by atoms with van der Waals surface area (Å²) in [5.74, 6) is 2.26. The lowest BCUT2D eigenvalue weighted by molar-refractivity contribution is -0.385. The van der Waals surface area contributed by atoms with Crippen molar-refractivity contribution in [2.24, 2.45) is 0 Å². The van der Waals surface area contributed by atoms with Crippen LogP contribution in [0, 0.1) is 10.1 Å². The second-order valence-corrected chi connectivity index (χ2v) is 8.23. The third-order valence-electron chi connectivity index (χ3n) is 5.08. The Hall–Kier alpha value is -2.78. The molecule has 0 spiro atoms. The molecule has 0 unspecified atom stereocenters. The number of nitro groups is 1. The first-order valence-corrected chi connectivity index (χ1v) is 11.1. The maximum Gasteiger partial charge on any atom is 0.270 e. The first kappa shape index (κ1) is 22.9. The number of non-ortho nitro benzene ring substituents is 1. The van der Waals surface area contributed by atoms with Crippen LogP contribution in [0.4, 0.5) is 11.4 Å². The summed E-state index contributed by atoms with van der Waals surface area (Å²) in [7, 11) is 3.22. The zero-order chi connectivity index (χ0) is 22.2. The van der Waals surface area contributed by atoms with Gasteiger partial charge in [-0.25, -0.2) is 0 Å². The van der Waals surface area contributed by atoms with E-state index in [2.05, 4.69) is 5.32 Å². The number of nitrogens with one attached hydrogen (secondary N) is 1. The summed E-state index contributed by atoms with van der Waals surface area (Å²) >= 11 is 1.56. The number of anilines is 1. The molecule has 8 nitrogen and oxygen atoms in total. The number of carbonyl (C=O) groups is 1. The average Bonchev–Trinajstić information content (AvgIpc) is 3.00. The average molecular weight is 446 g/mol. The Morgan fingerprint density at radius 1 is 1.16 bits per heavy atom. The van der Waals surface area contributed by atoms with Crippen LogP contribution in [0.15, 0.2) is 41.3 Å². The summed E-state index contributed by atoms with van der Waals surface area (Å²) in [4.78, 5) is 26.0. The van der Waals surface area contributed by atoms with E-state index in [0.29, 0.717) is 31.0 Å². The number of hydrogen-bond acceptors (Lipinski definition) is 7. The number of amides is 1. The molecule has 0 bridgehead atoms. The fourth-order valence-corrected chi connectivity index (χ4v) is 4.49. The van der Waals surface area contributed by atoms with Gasteiger partial charge in [0.05, 0.1) is 24.8 Å². The molecule has 9 heteroatoms. The molecule has 0 fully saturated rings. The Bertz CT molecular complexity index is 937. The molecular formula is C22H27N3O5S. The molecule has 0 radical (unpaired) electrons. The van der Waals surface area contributed by atoms with Crippen molar-refractivity contribution in [1.29, 1.82) is 0 Å². The van der Waals surface area contributed by atoms with Gasteiger partial charge in [-0.2, -0.15) is 0 Å². The van der Waals surface area contributed by atoms with Crippen molar-refractivity contribution in [3.8, 4) is 11.5 Å². The first-order valence-electron chi connectivity index (χ1n) is 10.2. The summed E-state index contributed by atoms with van der Waals surface area (Å²) in [6.45, 7) is 1.93. The van der Waals surface area contributed by atoms with Gasteiger partial charge < -0.3 is 19.7 Å². The molecule has 31 heavy (non-hydrogen) atoms. The van der Waals surface area contributed by atoms with Crippen molar-refractivity contribution in [3.63, 3.8) is 0 Å². The Morgan fingerprint density at radius 2 is 1.97 bits per heavy atom. The molecule has 0 saturated heterocycles. The third-order valence-corrected chi connectivity index (χ3v) is 6.21. The molecule has 2 aromatic rings. The fourth-order valence-electron chi connectivity index (χ4n) is 3.46. The highest BCUT2D eigenvalue weighted by atomic mass is 32.2. The van der Waals surface area contributed by atoms with Gasteiger partial charge in [0, 0.05) is 36.5 Å². The summed E-state index contributed by atoms with van der Waals surface area (Å²) in [5.41, 5.74) is 1.94. The maximum atomic E-state index is 12.8. The Labute approximate surface area is 186 Å². The number of nitrogens with zero attached hydrogens (tertiary/aromatic N) is 2. The highest BCUT2D eigenvalue weighted by Crippen LogP contribution is 2.36. The topological polar surface area (TPSA) is 93.9 Å². The van der Waals surface area contributed by atoms with E-state index in [-0.39, 0.29) is 11.6 Å². The minimum Gasteiger partial charge on any atom is -0.493 e. The van der Waals surface area contributed by atoms with Crippen LogP contribution in [0.5, 0.6) is 11.5 Å². The Balaban J connectivity index is 1.52. The molecule has 2 aromatic carbocycles. The lowest BCUT2D eigenvalue weighted by Gasteiger charge is -2.22. The van der Waals surface area contributed by atoms with Crippen LogP contribution in [0.25, 0.3) is 0 Å². The number of benzene rings is 2. The van der Waals surface area contributed by atoms with Crippen LogP contribution >= 0.6 is 11.8 Å². The van der Waals surface area contributed by atoms with E-state index in [9.17, 15) is 14.9 Å². The first-order chi connectivity index (χ1) is 15.0. The van der Waals surface area contributed by atoms with Gasteiger partial charge in [0.1, 0.15) is 0 Å². The van der Waals surface area contributed by atoms with Crippen molar-refractivity contribution in [1.82, 2.24) is 5.32 Å². The van der Waals surface area contributed by atoms with Gasteiger partial charge in [-0.3, -0.25) is 14.9 Å². The monoisotopic (exact) mass is 445 g/mol. The number of fused-ring (bicyclic) bond motifs is 1. The van der Waals surface area contributed by atoms with Crippen LogP contribution < -0.4 is 19.7 Å². The molecule has 166 valence electrons. The molecule has 0 aromatic heterocycles. The van der Waals surface area contributed by atoms with Gasteiger partial charge >= 0.3 is 0 Å². The Kier molecular flexibility index (Phi) is 8.13. The lowest BCUT2D eigenvalue weighted by Crippen LogP contribution is -2.34. The number of nitro benzene ring substituents is 1. The zero-order valence-electron chi connectivity index (χ0n) is 17.8. The van der Waals surface area contributed by atoms with Crippen molar-refractivity contribution in [3.05, 3.63) is 52.1 Å². The number of methoxy groups -OCH3 is 2. The maximum absolute atomic E-state index is 12.8. The van der Waals surface area contributed by atoms with Crippen molar-refractivity contribution >= 4 is 29.0 Å². The minimum atomic E-state index is -0.403. The standard InChI is InChI=1S/C22H27N3O5S/c1-29-19-7-4-16(14-20(19)30-2)8-10-23-11-9-22(26)24-12-3-13-31-21-15-17(25(27)28)5-6-18(21)24/h4-7,14-15,23H,3,8-13H2,1-2H3. The van der Waals surface area contributed by atoms with Gasteiger partial charge in [0.15, 0.2) is 11.5 Å². The number of rotatable bonds is 9. The summed E-state index contributed by atoms with van der Waals surface area (Å²) in [6, 6.07) is 10.6. The van der Waals surface area contributed by atoms with Crippen molar-refractivity contribution in [2.45, 2.75) is 24.2 Å². The van der Waals surface area contributed by atoms with Crippen molar-refractivity contribution in [2.75, 3.05) is 44.5 Å². The number of thioether (sulfide) groups is 1. The van der Waals surface area contributed by atoms with E-state index in [1.807, 2.05) is 18.2 Å².